The molecule has 5 aromatic rings. The average molecular weight is 495 g/mol. The summed E-state index contributed by atoms with van der Waals surface area (Å²) in [5.41, 5.74) is 2.92. The number of benzene rings is 1. The Hall–Kier alpha value is -4.48. The smallest absolute Gasteiger partial charge is 0.343 e. The molecule has 184 valence electrons. The maximum atomic E-state index is 13.4. The number of hydrogen-bond acceptors (Lipinski definition) is 5. The van der Waals surface area contributed by atoms with Crippen molar-refractivity contribution in [3.63, 3.8) is 0 Å². The summed E-state index contributed by atoms with van der Waals surface area (Å²) in [6, 6.07) is 8.69. The van der Waals surface area contributed by atoms with E-state index in [9.17, 15) is 22.8 Å². The zero-order chi connectivity index (χ0) is 25.6. The molecule has 0 unspecified atom stereocenters. The number of imidazole rings is 1. The Morgan fingerprint density at radius 3 is 2.50 bits per heavy atom. The number of amides is 1. The van der Waals surface area contributed by atoms with Gasteiger partial charge in [0.2, 0.25) is 5.91 Å². The molecular formula is C24H20F3N7O2. The van der Waals surface area contributed by atoms with Crippen molar-refractivity contribution in [1.82, 2.24) is 34.0 Å². The molecule has 9 nitrogen and oxygen atoms in total. The number of carbonyl (C=O) groups excluding carboxylic acids is 1. The molecule has 4 heterocycles. The van der Waals surface area contributed by atoms with E-state index >= 15 is 0 Å². The molecule has 36 heavy (non-hydrogen) atoms. The summed E-state index contributed by atoms with van der Waals surface area (Å²) in [6.07, 6.45) is 1.82. The zero-order valence-electron chi connectivity index (χ0n) is 19.2. The molecule has 0 aliphatic heterocycles. The highest BCUT2D eigenvalue weighted by Crippen LogP contribution is 2.24. The summed E-state index contributed by atoms with van der Waals surface area (Å²) in [6.45, 7) is 2.06. The molecule has 0 fully saturated rings. The average Bonchev–Trinajstić information content (AvgIpc) is 3.39. The Morgan fingerprint density at radius 2 is 1.78 bits per heavy atom. The van der Waals surface area contributed by atoms with E-state index in [1.165, 1.54) is 17.0 Å². The van der Waals surface area contributed by atoms with Crippen molar-refractivity contribution in [2.45, 2.75) is 32.6 Å². The second kappa shape index (κ2) is 8.63. The summed E-state index contributed by atoms with van der Waals surface area (Å²) in [4.78, 5) is 34.6. The minimum atomic E-state index is -4.59. The third-order valence-electron chi connectivity index (χ3n) is 5.89. The number of rotatable bonds is 5. The summed E-state index contributed by atoms with van der Waals surface area (Å²) >= 11 is 0. The number of carbonyl (C=O) groups is 1. The van der Waals surface area contributed by atoms with Crippen LogP contribution in [0.15, 0.2) is 66.0 Å². The fraction of sp³-hybridized carbons (Fsp3) is 0.208. The summed E-state index contributed by atoms with van der Waals surface area (Å²) < 4.78 is 42.8. The number of para-hydroxylation sites is 1. The van der Waals surface area contributed by atoms with Gasteiger partial charge in [0.05, 0.1) is 46.4 Å². The zero-order valence-corrected chi connectivity index (χ0v) is 19.2. The highest BCUT2D eigenvalue weighted by Gasteiger charge is 2.37. The molecule has 0 saturated carbocycles. The predicted octanol–water partition coefficient (Wildman–Crippen LogP) is 3.27. The number of aromatic nitrogens is 6. The van der Waals surface area contributed by atoms with Crippen molar-refractivity contribution in [1.29, 1.82) is 0 Å². The number of nitrogens with zero attached hydrogens (tertiary/aromatic N) is 6. The standard InChI is InChI=1S/C24H20F3N7O2/c1-14-6-5-8-19-21(14)34(23(36)32(19)13-20(35)31-15(2)24(25,26)27)16-10-28-22(29-11-16)17-12-30-33-9-4-3-7-18(17)33/h3-12,15H,13H2,1-2H3,(H,31,35)/t15-/m1/s1. The van der Waals surface area contributed by atoms with E-state index in [2.05, 4.69) is 15.1 Å². The van der Waals surface area contributed by atoms with E-state index in [0.717, 1.165) is 22.6 Å². The SMILES string of the molecule is Cc1cccc2c1n(-c1cnc(-c3cnn4ccccc34)nc1)c(=O)n2CC(=O)N[C@H](C)C(F)(F)F. The van der Waals surface area contributed by atoms with Crippen LogP contribution >= 0.6 is 0 Å². The van der Waals surface area contributed by atoms with Gasteiger partial charge in [0, 0.05) is 6.20 Å². The van der Waals surface area contributed by atoms with Crippen LogP contribution in [-0.4, -0.2) is 46.8 Å². The largest absolute Gasteiger partial charge is 0.408 e. The van der Waals surface area contributed by atoms with E-state index in [-0.39, 0.29) is 0 Å². The first-order valence-corrected chi connectivity index (χ1v) is 11.0. The van der Waals surface area contributed by atoms with Gasteiger partial charge in [-0.05, 0) is 37.6 Å². The van der Waals surface area contributed by atoms with Crippen molar-refractivity contribution in [3.8, 4) is 17.1 Å². The van der Waals surface area contributed by atoms with Gasteiger partial charge in [0.25, 0.3) is 0 Å². The Kier molecular flexibility index (Phi) is 5.58. The number of pyridine rings is 1. The molecule has 4 aromatic heterocycles. The summed E-state index contributed by atoms with van der Waals surface area (Å²) in [5.74, 6) is -0.517. The lowest BCUT2D eigenvalue weighted by Crippen LogP contribution is -2.45. The predicted molar refractivity (Wildman–Crippen MR) is 126 cm³/mol. The molecule has 0 saturated heterocycles. The highest BCUT2D eigenvalue weighted by atomic mass is 19.4. The normalized spacial score (nSPS) is 12.8. The van der Waals surface area contributed by atoms with Gasteiger partial charge in [-0.25, -0.2) is 19.3 Å². The second-order valence-electron chi connectivity index (χ2n) is 8.33. The fourth-order valence-corrected chi connectivity index (χ4v) is 4.06. The number of aryl methyl sites for hydroxylation is 1. The summed E-state index contributed by atoms with van der Waals surface area (Å²) in [7, 11) is 0. The monoisotopic (exact) mass is 495 g/mol. The topological polar surface area (TPSA) is 99.1 Å². The van der Waals surface area contributed by atoms with Gasteiger partial charge in [-0.1, -0.05) is 18.2 Å². The Balaban J connectivity index is 1.55. The molecule has 12 heteroatoms. The first-order chi connectivity index (χ1) is 17.1. The Labute approximate surface area is 201 Å². The Morgan fingerprint density at radius 1 is 1.06 bits per heavy atom. The number of fused-ring (bicyclic) bond motifs is 2. The van der Waals surface area contributed by atoms with Gasteiger partial charge < -0.3 is 5.32 Å². The maximum absolute atomic E-state index is 13.4. The molecular weight excluding hydrogens is 475 g/mol. The van der Waals surface area contributed by atoms with Crippen molar-refractivity contribution in [3.05, 3.63) is 77.2 Å². The lowest BCUT2D eigenvalue weighted by atomic mass is 10.2. The second-order valence-corrected chi connectivity index (χ2v) is 8.33. The molecule has 0 radical (unpaired) electrons. The lowest BCUT2D eigenvalue weighted by Gasteiger charge is -2.17. The molecule has 1 aromatic carbocycles. The number of halogens is 3. The van der Waals surface area contributed by atoms with Crippen LogP contribution in [0.2, 0.25) is 0 Å². The highest BCUT2D eigenvalue weighted by molar-refractivity contribution is 5.84. The van der Waals surface area contributed by atoms with E-state index in [4.69, 9.17) is 0 Å². The fourth-order valence-electron chi connectivity index (χ4n) is 4.06. The van der Waals surface area contributed by atoms with Gasteiger partial charge in [-0.2, -0.15) is 18.3 Å². The molecule has 0 aliphatic carbocycles. The maximum Gasteiger partial charge on any atom is 0.408 e. The van der Waals surface area contributed by atoms with Crippen LogP contribution in [0.1, 0.15) is 12.5 Å². The number of hydrogen-bond donors (Lipinski definition) is 1. The minimum absolute atomic E-state index is 0.349. The van der Waals surface area contributed by atoms with Crippen molar-refractivity contribution in [2.24, 2.45) is 0 Å². The van der Waals surface area contributed by atoms with E-state index in [0.29, 0.717) is 28.1 Å². The van der Waals surface area contributed by atoms with Gasteiger partial charge in [-0.3, -0.25) is 13.9 Å². The van der Waals surface area contributed by atoms with Crippen LogP contribution in [-0.2, 0) is 11.3 Å². The van der Waals surface area contributed by atoms with Crippen LogP contribution in [0.25, 0.3) is 33.6 Å². The third-order valence-corrected chi connectivity index (χ3v) is 5.89. The molecule has 1 atom stereocenters. The molecule has 1 amide bonds. The van der Waals surface area contributed by atoms with Crippen molar-refractivity contribution < 1.29 is 18.0 Å². The molecule has 0 spiro atoms. The summed E-state index contributed by atoms with van der Waals surface area (Å²) in [5, 5.41) is 6.17. The van der Waals surface area contributed by atoms with Gasteiger partial charge in [0.1, 0.15) is 12.6 Å². The number of alkyl halides is 3. The van der Waals surface area contributed by atoms with Crippen LogP contribution < -0.4 is 11.0 Å². The molecule has 0 bridgehead atoms. The van der Waals surface area contributed by atoms with Crippen LogP contribution in [0.4, 0.5) is 13.2 Å². The third kappa shape index (κ3) is 4.00. The van der Waals surface area contributed by atoms with Crippen LogP contribution in [0.3, 0.4) is 0 Å². The van der Waals surface area contributed by atoms with Gasteiger partial charge in [0.15, 0.2) is 5.82 Å². The first kappa shape index (κ1) is 23.3. The van der Waals surface area contributed by atoms with Crippen LogP contribution in [0.5, 0.6) is 0 Å². The van der Waals surface area contributed by atoms with E-state index in [1.807, 2.05) is 23.5 Å². The van der Waals surface area contributed by atoms with Gasteiger partial charge >= 0.3 is 11.9 Å². The lowest BCUT2D eigenvalue weighted by molar-refractivity contribution is -0.158. The van der Waals surface area contributed by atoms with E-state index in [1.54, 1.807) is 42.0 Å². The van der Waals surface area contributed by atoms with Gasteiger partial charge in [-0.15, -0.1) is 0 Å². The first-order valence-electron chi connectivity index (χ1n) is 11.0. The van der Waals surface area contributed by atoms with Crippen LogP contribution in [0, 0.1) is 6.92 Å². The van der Waals surface area contributed by atoms with E-state index < -0.39 is 30.4 Å². The minimum Gasteiger partial charge on any atom is -0.343 e. The molecule has 5 rings (SSSR count). The number of nitrogens with one attached hydrogen (secondary N) is 1. The quantitative estimate of drug-likeness (QED) is 0.404. The molecule has 1 N–H and O–H groups in total. The van der Waals surface area contributed by atoms with Crippen molar-refractivity contribution in [2.75, 3.05) is 0 Å². The Bertz CT molecular complexity index is 1650. The van der Waals surface area contributed by atoms with Crippen molar-refractivity contribution >= 4 is 22.5 Å². The molecule has 0 aliphatic rings.